The van der Waals surface area contributed by atoms with Crippen LogP contribution in [0.3, 0.4) is 0 Å². The lowest BCUT2D eigenvalue weighted by atomic mass is 9.77. The van der Waals surface area contributed by atoms with Gasteiger partial charge in [0.1, 0.15) is 11.4 Å². The average molecular weight is 483 g/mol. The molecule has 0 aromatic carbocycles. The highest BCUT2D eigenvalue weighted by Crippen LogP contribution is 2.39. The molecule has 3 atom stereocenters. The Kier molecular flexibility index (Phi) is 7.31. The van der Waals surface area contributed by atoms with E-state index in [1.54, 1.807) is 9.80 Å². The molecule has 0 bridgehead atoms. The summed E-state index contributed by atoms with van der Waals surface area (Å²) >= 11 is 0. The highest BCUT2D eigenvalue weighted by Gasteiger charge is 2.51. The van der Waals surface area contributed by atoms with Gasteiger partial charge in [-0.3, -0.25) is 14.6 Å². The maximum Gasteiger partial charge on any atom is 0.413 e. The quantitative estimate of drug-likeness (QED) is 0.538. The van der Waals surface area contributed by atoms with E-state index >= 15 is 0 Å². The molecule has 0 N–H and O–H groups in total. The zero-order chi connectivity index (χ0) is 25.5. The van der Waals surface area contributed by atoms with Crippen molar-refractivity contribution in [2.45, 2.75) is 110 Å². The fraction of sp³-hybridized carbons (Fsp3) is 0.880. The second kappa shape index (κ2) is 9.30. The molecule has 2 amide bonds. The number of carbonyl (C=O) groups is 3. The molecular weight excluding hydrogens is 440 g/mol. The number of hydrogen-bond acceptors (Lipinski definition) is 7. The van der Waals surface area contributed by atoms with Crippen molar-refractivity contribution in [1.82, 2.24) is 9.80 Å². The summed E-state index contributed by atoms with van der Waals surface area (Å²) in [7, 11) is 0. The predicted molar refractivity (Wildman–Crippen MR) is 125 cm³/mol. The van der Waals surface area contributed by atoms with E-state index in [0.29, 0.717) is 19.5 Å². The van der Waals surface area contributed by atoms with Gasteiger partial charge < -0.3 is 18.9 Å². The van der Waals surface area contributed by atoms with E-state index in [-0.39, 0.29) is 18.4 Å². The van der Waals surface area contributed by atoms with Crippen LogP contribution in [0.25, 0.3) is 0 Å². The second-order valence-electron chi connectivity index (χ2n) is 12.0. The molecule has 2 saturated heterocycles. The van der Waals surface area contributed by atoms with E-state index in [0.717, 1.165) is 25.7 Å². The van der Waals surface area contributed by atoms with Gasteiger partial charge in [0.25, 0.3) is 0 Å². The van der Waals surface area contributed by atoms with Gasteiger partial charge in [-0.25, -0.2) is 9.59 Å². The molecule has 3 fully saturated rings. The van der Waals surface area contributed by atoms with Crippen molar-refractivity contribution in [1.29, 1.82) is 0 Å². The molecule has 9 heteroatoms. The van der Waals surface area contributed by atoms with Crippen LogP contribution in [0.1, 0.15) is 81.1 Å². The van der Waals surface area contributed by atoms with Crippen LogP contribution in [0.15, 0.2) is 0 Å². The van der Waals surface area contributed by atoms with Crippen LogP contribution in [-0.2, 0) is 23.7 Å². The summed E-state index contributed by atoms with van der Waals surface area (Å²) in [6, 6.07) is 0. The lowest BCUT2D eigenvalue weighted by molar-refractivity contribution is -0.123. The maximum absolute atomic E-state index is 13.1. The molecule has 0 unspecified atom stereocenters. The molecule has 1 aliphatic carbocycles. The summed E-state index contributed by atoms with van der Waals surface area (Å²) in [5.74, 6) is -0.292. The minimum Gasteiger partial charge on any atom is -0.449 e. The molecule has 2 aliphatic heterocycles. The van der Waals surface area contributed by atoms with Gasteiger partial charge in [-0.2, -0.15) is 0 Å². The van der Waals surface area contributed by atoms with E-state index in [2.05, 4.69) is 0 Å². The monoisotopic (exact) mass is 482 g/mol. The van der Waals surface area contributed by atoms with Gasteiger partial charge >= 0.3 is 12.2 Å². The van der Waals surface area contributed by atoms with Gasteiger partial charge in [0.05, 0.1) is 30.9 Å². The van der Waals surface area contributed by atoms with E-state index in [4.69, 9.17) is 18.9 Å². The second-order valence-corrected chi connectivity index (χ2v) is 12.0. The summed E-state index contributed by atoms with van der Waals surface area (Å²) in [4.78, 5) is 41.4. The van der Waals surface area contributed by atoms with Crippen LogP contribution < -0.4 is 0 Å². The minimum absolute atomic E-state index is 0.0775. The fourth-order valence-electron chi connectivity index (χ4n) is 5.86. The maximum atomic E-state index is 13.1. The molecule has 194 valence electrons. The summed E-state index contributed by atoms with van der Waals surface area (Å²) in [5.41, 5.74) is -2.62. The molecule has 0 spiro atoms. The highest BCUT2D eigenvalue weighted by molar-refractivity contribution is 5.73. The minimum atomic E-state index is -0.910. The van der Waals surface area contributed by atoms with Crippen LogP contribution in [0.5, 0.6) is 0 Å². The summed E-state index contributed by atoms with van der Waals surface area (Å²) in [6.45, 7) is 16.0. The molecule has 2 heterocycles. The Bertz CT molecular complexity index is 760. The first kappa shape index (κ1) is 26.7. The number of rotatable bonds is 5. The van der Waals surface area contributed by atoms with Gasteiger partial charge in [-0.1, -0.05) is 12.8 Å². The van der Waals surface area contributed by atoms with Crippen molar-refractivity contribution >= 4 is 18.5 Å². The topological polar surface area (TPSA) is 94.6 Å². The van der Waals surface area contributed by atoms with Crippen molar-refractivity contribution in [2.75, 3.05) is 19.8 Å². The molecule has 0 radical (unpaired) electrons. The Morgan fingerprint density at radius 2 is 1.38 bits per heavy atom. The first-order valence-corrected chi connectivity index (χ1v) is 12.3. The number of nitrogens with zero attached hydrogens (tertiary/aromatic N) is 2. The standard InChI is InChI=1S/C25H42N2O7/c1-22(2)15-32-24(5,6)26(22)20(29)31-14-17-11-9-10-12-18(17)19(13-28)34-21(30)27-23(3,4)16-33-25(27,7)8/h13,17-19H,9-12,14-16H2,1-8H3/t17-,18-,19-/m1/s1. The predicted octanol–water partition coefficient (Wildman–Crippen LogP) is 4.33. The summed E-state index contributed by atoms with van der Waals surface area (Å²) in [6.07, 6.45) is 2.23. The molecule has 3 rings (SSSR count). The zero-order valence-corrected chi connectivity index (χ0v) is 22.0. The number of carbonyl (C=O) groups excluding carboxylic acids is 3. The Morgan fingerprint density at radius 1 is 0.882 bits per heavy atom. The van der Waals surface area contributed by atoms with Crippen molar-refractivity contribution in [3.63, 3.8) is 0 Å². The first-order chi connectivity index (χ1) is 15.6. The van der Waals surface area contributed by atoms with Gasteiger partial charge in [0.2, 0.25) is 0 Å². The number of aldehydes is 1. The van der Waals surface area contributed by atoms with Crippen molar-refractivity contribution in [3.8, 4) is 0 Å². The lowest BCUT2D eigenvalue weighted by Gasteiger charge is -2.40. The van der Waals surface area contributed by atoms with Gasteiger partial charge in [0, 0.05) is 5.92 Å². The van der Waals surface area contributed by atoms with Crippen LogP contribution in [-0.4, -0.2) is 76.7 Å². The normalized spacial score (nSPS) is 30.0. The van der Waals surface area contributed by atoms with Crippen LogP contribution in [0.2, 0.25) is 0 Å². The Hall–Kier alpha value is -1.87. The zero-order valence-electron chi connectivity index (χ0n) is 22.0. The highest BCUT2D eigenvalue weighted by atomic mass is 16.6. The molecule has 34 heavy (non-hydrogen) atoms. The Labute approximate surface area is 203 Å². The van der Waals surface area contributed by atoms with E-state index in [9.17, 15) is 14.4 Å². The van der Waals surface area contributed by atoms with Crippen molar-refractivity contribution in [3.05, 3.63) is 0 Å². The third-order valence-electron chi connectivity index (χ3n) is 7.39. The molecule has 0 aromatic rings. The fourth-order valence-corrected chi connectivity index (χ4v) is 5.86. The molecule has 0 aromatic heterocycles. The number of amides is 2. The van der Waals surface area contributed by atoms with Gasteiger partial charge in [0.15, 0.2) is 12.4 Å². The number of ether oxygens (including phenoxy) is 4. The average Bonchev–Trinajstić information content (AvgIpc) is 3.10. The van der Waals surface area contributed by atoms with Crippen LogP contribution >= 0.6 is 0 Å². The smallest absolute Gasteiger partial charge is 0.413 e. The third kappa shape index (κ3) is 5.20. The van der Waals surface area contributed by atoms with E-state index < -0.39 is 40.8 Å². The third-order valence-corrected chi connectivity index (χ3v) is 7.39. The van der Waals surface area contributed by atoms with Gasteiger partial charge in [-0.05, 0) is 74.1 Å². The molecular formula is C25H42N2O7. The summed E-state index contributed by atoms with van der Waals surface area (Å²) in [5, 5.41) is 0. The Morgan fingerprint density at radius 3 is 1.85 bits per heavy atom. The SMILES string of the molecule is CC1(C)COC(C)(C)N1C(=O)OC[C@H]1CCCC[C@H]1[C@@H](C=O)OC(=O)N1C(C)(C)COC1(C)C. The number of hydrogen-bond donors (Lipinski definition) is 0. The van der Waals surface area contributed by atoms with Crippen LogP contribution in [0.4, 0.5) is 9.59 Å². The van der Waals surface area contributed by atoms with Crippen LogP contribution in [0, 0.1) is 11.8 Å². The Balaban J connectivity index is 1.68. The van der Waals surface area contributed by atoms with Crippen molar-refractivity contribution < 1.29 is 33.3 Å². The van der Waals surface area contributed by atoms with E-state index in [1.807, 2.05) is 55.4 Å². The first-order valence-electron chi connectivity index (χ1n) is 12.3. The largest absolute Gasteiger partial charge is 0.449 e. The van der Waals surface area contributed by atoms with Gasteiger partial charge in [-0.15, -0.1) is 0 Å². The molecule has 9 nitrogen and oxygen atoms in total. The summed E-state index contributed by atoms with van der Waals surface area (Å²) < 4.78 is 23.1. The molecule has 1 saturated carbocycles. The molecule has 3 aliphatic rings. The van der Waals surface area contributed by atoms with E-state index in [1.165, 1.54) is 0 Å². The lowest BCUT2D eigenvalue weighted by Crippen LogP contribution is -2.54. The van der Waals surface area contributed by atoms with Crippen molar-refractivity contribution in [2.24, 2.45) is 11.8 Å².